The zero-order chi connectivity index (χ0) is 14.1. The van der Waals surface area contributed by atoms with Crippen LogP contribution in [0.3, 0.4) is 0 Å². The van der Waals surface area contributed by atoms with Crippen molar-refractivity contribution in [3.05, 3.63) is 42.5 Å². The van der Waals surface area contributed by atoms with E-state index in [2.05, 4.69) is 26.3 Å². The molecule has 4 rings (SSSR count). The van der Waals surface area contributed by atoms with Crippen molar-refractivity contribution >= 4 is 16.9 Å². The molecule has 0 spiro atoms. The molecule has 1 aliphatic rings. The zero-order valence-corrected chi connectivity index (χ0v) is 11.7. The van der Waals surface area contributed by atoms with E-state index in [4.69, 9.17) is 4.98 Å². The number of imidazole rings is 1. The molecule has 0 saturated carbocycles. The standard InChI is InChI=1S/C16H17N5/c1-2-5-13-12(4-1)19-16(20-13)14-6-3-7-15(18-14)21-10-8-17-9-11-21/h1-7,17H,8-11H2,(H,19,20). The summed E-state index contributed by atoms with van der Waals surface area (Å²) in [7, 11) is 0. The monoisotopic (exact) mass is 279 g/mol. The van der Waals surface area contributed by atoms with Crippen molar-refractivity contribution in [1.29, 1.82) is 0 Å². The number of pyridine rings is 1. The van der Waals surface area contributed by atoms with Gasteiger partial charge in [-0.25, -0.2) is 9.97 Å². The molecule has 3 heterocycles. The van der Waals surface area contributed by atoms with Crippen LogP contribution >= 0.6 is 0 Å². The predicted molar refractivity (Wildman–Crippen MR) is 84.4 cm³/mol. The van der Waals surface area contributed by atoms with E-state index < -0.39 is 0 Å². The third kappa shape index (κ3) is 2.36. The van der Waals surface area contributed by atoms with Gasteiger partial charge in [0.05, 0.1) is 11.0 Å². The number of hydrogen-bond acceptors (Lipinski definition) is 4. The van der Waals surface area contributed by atoms with Gasteiger partial charge < -0.3 is 15.2 Å². The summed E-state index contributed by atoms with van der Waals surface area (Å²) in [5.41, 5.74) is 2.91. The van der Waals surface area contributed by atoms with Crippen LogP contribution < -0.4 is 10.2 Å². The van der Waals surface area contributed by atoms with Crippen molar-refractivity contribution in [2.45, 2.75) is 0 Å². The maximum atomic E-state index is 4.77. The minimum absolute atomic E-state index is 0.827. The molecule has 1 aromatic carbocycles. The molecule has 0 unspecified atom stereocenters. The quantitative estimate of drug-likeness (QED) is 0.753. The Morgan fingerprint density at radius 1 is 0.905 bits per heavy atom. The fourth-order valence-electron chi connectivity index (χ4n) is 2.70. The summed E-state index contributed by atoms with van der Waals surface area (Å²) in [5.74, 6) is 1.85. The molecule has 2 N–H and O–H groups in total. The van der Waals surface area contributed by atoms with Crippen molar-refractivity contribution in [3.63, 3.8) is 0 Å². The largest absolute Gasteiger partial charge is 0.354 e. The summed E-state index contributed by atoms with van der Waals surface area (Å²) in [6.07, 6.45) is 0. The molecular formula is C16H17N5. The fourth-order valence-corrected chi connectivity index (χ4v) is 2.70. The number of aromatic amines is 1. The van der Waals surface area contributed by atoms with Gasteiger partial charge in [-0.15, -0.1) is 0 Å². The number of aromatic nitrogens is 3. The fraction of sp³-hybridized carbons (Fsp3) is 0.250. The highest BCUT2D eigenvalue weighted by molar-refractivity contribution is 5.78. The Morgan fingerprint density at radius 3 is 2.62 bits per heavy atom. The number of nitrogens with zero attached hydrogens (tertiary/aromatic N) is 3. The number of nitrogens with one attached hydrogen (secondary N) is 2. The topological polar surface area (TPSA) is 56.8 Å². The lowest BCUT2D eigenvalue weighted by Gasteiger charge is -2.28. The second-order valence-electron chi connectivity index (χ2n) is 5.22. The van der Waals surface area contributed by atoms with Crippen molar-refractivity contribution < 1.29 is 0 Å². The first kappa shape index (κ1) is 12.3. The summed E-state index contributed by atoms with van der Waals surface area (Å²) in [4.78, 5) is 15.0. The highest BCUT2D eigenvalue weighted by Crippen LogP contribution is 2.21. The van der Waals surface area contributed by atoms with E-state index in [0.29, 0.717) is 0 Å². The van der Waals surface area contributed by atoms with Crippen molar-refractivity contribution in [2.75, 3.05) is 31.1 Å². The minimum atomic E-state index is 0.827. The highest BCUT2D eigenvalue weighted by Gasteiger charge is 2.13. The molecule has 0 aliphatic carbocycles. The van der Waals surface area contributed by atoms with Crippen LogP contribution in [0.15, 0.2) is 42.5 Å². The van der Waals surface area contributed by atoms with Gasteiger partial charge in [-0.05, 0) is 24.3 Å². The molecule has 21 heavy (non-hydrogen) atoms. The predicted octanol–water partition coefficient (Wildman–Crippen LogP) is 2.03. The molecule has 2 aromatic heterocycles. The van der Waals surface area contributed by atoms with Gasteiger partial charge in [-0.3, -0.25) is 0 Å². The van der Waals surface area contributed by atoms with Crippen molar-refractivity contribution in [1.82, 2.24) is 20.3 Å². The number of piperazine rings is 1. The summed E-state index contributed by atoms with van der Waals surface area (Å²) in [6.45, 7) is 4.01. The maximum Gasteiger partial charge on any atom is 0.157 e. The normalized spacial score (nSPS) is 15.5. The summed E-state index contributed by atoms with van der Waals surface area (Å²) >= 11 is 0. The van der Waals surface area contributed by atoms with Gasteiger partial charge in [-0.2, -0.15) is 0 Å². The van der Waals surface area contributed by atoms with Crippen LogP contribution in [0.25, 0.3) is 22.6 Å². The van der Waals surface area contributed by atoms with Crippen molar-refractivity contribution in [2.24, 2.45) is 0 Å². The Hall–Kier alpha value is -2.40. The number of hydrogen-bond donors (Lipinski definition) is 2. The van der Waals surface area contributed by atoms with Crippen LogP contribution in [-0.2, 0) is 0 Å². The molecule has 5 nitrogen and oxygen atoms in total. The number of benzene rings is 1. The van der Waals surface area contributed by atoms with Gasteiger partial charge in [0.25, 0.3) is 0 Å². The van der Waals surface area contributed by atoms with Gasteiger partial charge in [0, 0.05) is 26.2 Å². The molecule has 106 valence electrons. The average molecular weight is 279 g/mol. The Labute approximate surface area is 123 Å². The van der Waals surface area contributed by atoms with Crippen LogP contribution in [0, 0.1) is 0 Å². The van der Waals surface area contributed by atoms with E-state index in [0.717, 1.165) is 54.5 Å². The first-order valence-corrected chi connectivity index (χ1v) is 7.28. The maximum absolute atomic E-state index is 4.77. The van der Waals surface area contributed by atoms with Crippen LogP contribution in [0.2, 0.25) is 0 Å². The van der Waals surface area contributed by atoms with E-state index in [1.807, 2.05) is 36.4 Å². The molecule has 0 radical (unpaired) electrons. The third-order valence-electron chi connectivity index (χ3n) is 3.81. The Bertz CT molecular complexity index is 725. The van der Waals surface area contributed by atoms with E-state index in [-0.39, 0.29) is 0 Å². The van der Waals surface area contributed by atoms with Gasteiger partial charge >= 0.3 is 0 Å². The van der Waals surface area contributed by atoms with E-state index in [9.17, 15) is 0 Å². The number of rotatable bonds is 2. The van der Waals surface area contributed by atoms with Gasteiger partial charge in [0.1, 0.15) is 11.5 Å². The molecule has 0 bridgehead atoms. The Balaban J connectivity index is 1.71. The number of anilines is 1. The number of para-hydroxylation sites is 2. The molecule has 1 aliphatic heterocycles. The molecule has 1 fully saturated rings. The molecule has 1 saturated heterocycles. The van der Waals surface area contributed by atoms with E-state index in [1.165, 1.54) is 0 Å². The second-order valence-corrected chi connectivity index (χ2v) is 5.22. The highest BCUT2D eigenvalue weighted by atomic mass is 15.2. The minimum Gasteiger partial charge on any atom is -0.354 e. The Morgan fingerprint density at radius 2 is 1.76 bits per heavy atom. The molecule has 5 heteroatoms. The lowest BCUT2D eigenvalue weighted by Crippen LogP contribution is -2.43. The van der Waals surface area contributed by atoms with Gasteiger partial charge in [0.15, 0.2) is 5.82 Å². The summed E-state index contributed by atoms with van der Waals surface area (Å²) < 4.78 is 0. The van der Waals surface area contributed by atoms with E-state index >= 15 is 0 Å². The van der Waals surface area contributed by atoms with Gasteiger partial charge in [0.2, 0.25) is 0 Å². The molecule has 0 atom stereocenters. The lowest BCUT2D eigenvalue weighted by atomic mass is 10.3. The first-order chi connectivity index (χ1) is 10.4. The number of fused-ring (bicyclic) bond motifs is 1. The zero-order valence-electron chi connectivity index (χ0n) is 11.7. The van der Waals surface area contributed by atoms with Crippen LogP contribution in [0.5, 0.6) is 0 Å². The summed E-state index contributed by atoms with van der Waals surface area (Å²) in [5, 5.41) is 3.36. The van der Waals surface area contributed by atoms with Crippen LogP contribution in [-0.4, -0.2) is 41.1 Å². The van der Waals surface area contributed by atoms with Crippen molar-refractivity contribution in [3.8, 4) is 11.5 Å². The van der Waals surface area contributed by atoms with E-state index in [1.54, 1.807) is 0 Å². The SMILES string of the molecule is c1cc(-c2nc3ccccc3[nH]2)nc(N2CCNCC2)c1. The molecular weight excluding hydrogens is 262 g/mol. The smallest absolute Gasteiger partial charge is 0.157 e. The third-order valence-corrected chi connectivity index (χ3v) is 3.81. The second kappa shape index (κ2) is 5.18. The average Bonchev–Trinajstić information content (AvgIpc) is 3.00. The van der Waals surface area contributed by atoms with Gasteiger partial charge in [-0.1, -0.05) is 18.2 Å². The Kier molecular flexibility index (Phi) is 3.05. The number of H-pyrrole nitrogens is 1. The first-order valence-electron chi connectivity index (χ1n) is 7.28. The van der Waals surface area contributed by atoms with Crippen LogP contribution in [0.1, 0.15) is 0 Å². The summed E-state index contributed by atoms with van der Waals surface area (Å²) in [6, 6.07) is 14.2. The molecule has 3 aromatic rings. The lowest BCUT2D eigenvalue weighted by molar-refractivity contribution is 0.585. The van der Waals surface area contributed by atoms with Crippen LogP contribution in [0.4, 0.5) is 5.82 Å². The molecule has 0 amide bonds.